The van der Waals surface area contributed by atoms with Gasteiger partial charge in [0.25, 0.3) is 0 Å². The molecular formula is C13H14Br2N2S. The smallest absolute Gasteiger partial charge is 0.0794 e. The maximum atomic E-state index is 4.14. The molecule has 18 heavy (non-hydrogen) atoms. The highest BCUT2D eigenvalue weighted by atomic mass is 79.9. The van der Waals surface area contributed by atoms with Crippen molar-refractivity contribution in [1.29, 1.82) is 0 Å². The molecule has 1 aromatic carbocycles. The van der Waals surface area contributed by atoms with Crippen molar-refractivity contribution in [3.8, 4) is 0 Å². The Bertz CT molecular complexity index is 479. The van der Waals surface area contributed by atoms with Gasteiger partial charge < -0.3 is 5.32 Å². The average molecular weight is 390 g/mol. The normalized spacial score (nSPS) is 12.6. The van der Waals surface area contributed by atoms with Gasteiger partial charge in [-0.2, -0.15) is 0 Å². The van der Waals surface area contributed by atoms with Crippen molar-refractivity contribution in [3.63, 3.8) is 0 Å². The summed E-state index contributed by atoms with van der Waals surface area (Å²) in [7, 11) is 0. The quantitative estimate of drug-likeness (QED) is 0.810. The maximum Gasteiger partial charge on any atom is 0.0794 e. The monoisotopic (exact) mass is 388 g/mol. The minimum absolute atomic E-state index is 0.323. The Morgan fingerprint density at radius 1 is 1.28 bits per heavy atom. The molecule has 0 aliphatic heterocycles. The Hall–Kier alpha value is -0.230. The fourth-order valence-electron chi connectivity index (χ4n) is 1.87. The lowest BCUT2D eigenvalue weighted by Crippen LogP contribution is -2.22. The topological polar surface area (TPSA) is 24.9 Å². The summed E-state index contributed by atoms with van der Waals surface area (Å²) in [5, 5.41) is 3.53. The number of nitrogens with one attached hydrogen (secondary N) is 1. The van der Waals surface area contributed by atoms with E-state index in [0.29, 0.717) is 6.04 Å². The molecule has 5 heteroatoms. The van der Waals surface area contributed by atoms with E-state index < -0.39 is 0 Å². The van der Waals surface area contributed by atoms with E-state index >= 15 is 0 Å². The van der Waals surface area contributed by atoms with Crippen LogP contribution in [0.25, 0.3) is 0 Å². The standard InChI is InChI=1S/C13H14Br2N2S/c1-2-17-13(6-12-7-16-8-18-12)9-3-10(14)5-11(15)4-9/h3-5,7-8,13,17H,2,6H2,1H3. The molecule has 0 bridgehead atoms. The lowest BCUT2D eigenvalue weighted by Gasteiger charge is -2.18. The molecule has 2 rings (SSSR count). The number of hydrogen-bond donors (Lipinski definition) is 1. The van der Waals surface area contributed by atoms with Gasteiger partial charge in [-0.05, 0) is 30.3 Å². The van der Waals surface area contributed by atoms with E-state index in [1.807, 2.05) is 11.7 Å². The molecular weight excluding hydrogens is 376 g/mol. The number of benzene rings is 1. The summed E-state index contributed by atoms with van der Waals surface area (Å²) in [6.07, 6.45) is 2.92. The zero-order valence-electron chi connectivity index (χ0n) is 9.99. The van der Waals surface area contributed by atoms with Crippen molar-refractivity contribution in [3.05, 3.63) is 49.3 Å². The molecule has 1 unspecified atom stereocenters. The number of halogens is 2. The predicted octanol–water partition coefficient (Wildman–Crippen LogP) is 4.56. The molecule has 0 amide bonds. The molecule has 2 nitrogen and oxygen atoms in total. The van der Waals surface area contributed by atoms with Crippen LogP contribution >= 0.6 is 43.2 Å². The summed E-state index contributed by atoms with van der Waals surface area (Å²) in [6, 6.07) is 6.71. The first-order valence-electron chi connectivity index (χ1n) is 5.75. The van der Waals surface area contributed by atoms with E-state index in [1.165, 1.54) is 10.4 Å². The van der Waals surface area contributed by atoms with E-state index in [9.17, 15) is 0 Å². The minimum Gasteiger partial charge on any atom is -0.310 e. The molecule has 0 saturated carbocycles. The van der Waals surface area contributed by atoms with E-state index in [1.54, 1.807) is 11.3 Å². The van der Waals surface area contributed by atoms with Crippen LogP contribution in [0.2, 0.25) is 0 Å². The van der Waals surface area contributed by atoms with Crippen LogP contribution in [0.4, 0.5) is 0 Å². The van der Waals surface area contributed by atoms with Gasteiger partial charge in [-0.25, -0.2) is 0 Å². The zero-order valence-corrected chi connectivity index (χ0v) is 14.0. The molecule has 1 aromatic heterocycles. The van der Waals surface area contributed by atoms with Gasteiger partial charge in [0.15, 0.2) is 0 Å². The van der Waals surface area contributed by atoms with Crippen molar-refractivity contribution in [2.45, 2.75) is 19.4 Å². The SMILES string of the molecule is CCNC(Cc1cncs1)c1cc(Br)cc(Br)c1. The van der Waals surface area contributed by atoms with Crippen molar-refractivity contribution in [1.82, 2.24) is 10.3 Å². The summed E-state index contributed by atoms with van der Waals surface area (Å²) in [5.41, 5.74) is 3.17. The van der Waals surface area contributed by atoms with Crippen LogP contribution < -0.4 is 5.32 Å². The fourth-order valence-corrected chi connectivity index (χ4v) is 3.85. The Balaban J connectivity index is 2.23. The highest BCUT2D eigenvalue weighted by Gasteiger charge is 2.13. The highest BCUT2D eigenvalue weighted by molar-refractivity contribution is 9.11. The zero-order chi connectivity index (χ0) is 13.0. The molecule has 96 valence electrons. The molecule has 0 aliphatic rings. The van der Waals surface area contributed by atoms with E-state index in [4.69, 9.17) is 0 Å². The summed E-state index contributed by atoms with van der Waals surface area (Å²) in [5.74, 6) is 0. The lowest BCUT2D eigenvalue weighted by molar-refractivity contribution is 0.552. The Kier molecular flexibility index (Phi) is 5.36. The van der Waals surface area contributed by atoms with Crippen molar-refractivity contribution in [2.24, 2.45) is 0 Å². The molecule has 0 fully saturated rings. The molecule has 1 atom stereocenters. The largest absolute Gasteiger partial charge is 0.310 e. The van der Waals surface area contributed by atoms with Crippen LogP contribution in [0.5, 0.6) is 0 Å². The van der Waals surface area contributed by atoms with Crippen molar-refractivity contribution >= 4 is 43.2 Å². The van der Waals surface area contributed by atoms with Gasteiger partial charge in [0.05, 0.1) is 5.51 Å². The van der Waals surface area contributed by atoms with Crippen LogP contribution in [-0.2, 0) is 6.42 Å². The molecule has 1 N–H and O–H groups in total. The Morgan fingerprint density at radius 2 is 2.00 bits per heavy atom. The number of rotatable bonds is 5. The third-order valence-electron chi connectivity index (χ3n) is 2.63. The summed E-state index contributed by atoms with van der Waals surface area (Å²) in [6.45, 7) is 3.08. The summed E-state index contributed by atoms with van der Waals surface area (Å²) >= 11 is 8.79. The van der Waals surface area contributed by atoms with E-state index in [0.717, 1.165) is 21.9 Å². The van der Waals surface area contributed by atoms with Crippen LogP contribution in [0.1, 0.15) is 23.4 Å². The predicted molar refractivity (Wildman–Crippen MR) is 84.1 cm³/mol. The second kappa shape index (κ2) is 6.80. The van der Waals surface area contributed by atoms with Crippen molar-refractivity contribution in [2.75, 3.05) is 6.54 Å². The molecule has 1 heterocycles. The van der Waals surface area contributed by atoms with E-state index in [2.05, 4.69) is 67.3 Å². The van der Waals surface area contributed by atoms with Crippen molar-refractivity contribution < 1.29 is 0 Å². The molecule has 0 saturated heterocycles. The third-order valence-corrected chi connectivity index (χ3v) is 4.34. The summed E-state index contributed by atoms with van der Waals surface area (Å²) in [4.78, 5) is 5.44. The number of hydrogen-bond acceptors (Lipinski definition) is 3. The number of nitrogens with zero attached hydrogens (tertiary/aromatic N) is 1. The van der Waals surface area contributed by atoms with Crippen LogP contribution in [0.3, 0.4) is 0 Å². The highest BCUT2D eigenvalue weighted by Crippen LogP contribution is 2.27. The van der Waals surface area contributed by atoms with Crippen LogP contribution in [0, 0.1) is 0 Å². The number of aromatic nitrogens is 1. The van der Waals surface area contributed by atoms with Crippen LogP contribution in [-0.4, -0.2) is 11.5 Å². The van der Waals surface area contributed by atoms with Gasteiger partial charge in [0.1, 0.15) is 0 Å². The average Bonchev–Trinajstić information content (AvgIpc) is 2.80. The second-order valence-corrected chi connectivity index (χ2v) is 6.79. The van der Waals surface area contributed by atoms with Gasteiger partial charge in [-0.3, -0.25) is 4.98 Å². The molecule has 2 aromatic rings. The van der Waals surface area contributed by atoms with Gasteiger partial charge in [-0.1, -0.05) is 38.8 Å². The molecule has 0 radical (unpaired) electrons. The number of likely N-dealkylation sites (N-methyl/N-ethyl adjacent to an activating group) is 1. The van der Waals surface area contributed by atoms with Gasteiger partial charge in [-0.15, -0.1) is 11.3 Å². The lowest BCUT2D eigenvalue weighted by atomic mass is 10.0. The van der Waals surface area contributed by atoms with Gasteiger partial charge >= 0.3 is 0 Å². The first kappa shape index (κ1) is 14.2. The molecule has 0 aliphatic carbocycles. The minimum atomic E-state index is 0.323. The van der Waals surface area contributed by atoms with Crippen LogP contribution in [0.15, 0.2) is 38.9 Å². The molecule has 0 spiro atoms. The number of thiazole rings is 1. The maximum absolute atomic E-state index is 4.14. The first-order valence-corrected chi connectivity index (χ1v) is 8.22. The Morgan fingerprint density at radius 3 is 2.56 bits per heavy atom. The first-order chi connectivity index (χ1) is 8.69. The fraction of sp³-hybridized carbons (Fsp3) is 0.308. The third kappa shape index (κ3) is 3.88. The Labute approximate surface area is 128 Å². The van der Waals surface area contributed by atoms with E-state index in [-0.39, 0.29) is 0 Å². The second-order valence-electron chi connectivity index (χ2n) is 3.98. The van der Waals surface area contributed by atoms with Gasteiger partial charge in [0.2, 0.25) is 0 Å². The van der Waals surface area contributed by atoms with Gasteiger partial charge in [0, 0.05) is 32.5 Å². The summed E-state index contributed by atoms with van der Waals surface area (Å²) < 4.78 is 2.19.